The molecule has 1 aliphatic heterocycles. The van der Waals surface area contributed by atoms with Gasteiger partial charge >= 0.3 is 0 Å². The number of aliphatic hydroxyl groups is 1. The number of morpholine rings is 1. The number of phenols is 1. The van der Waals surface area contributed by atoms with E-state index in [9.17, 15) is 15.0 Å². The molecule has 0 saturated carbocycles. The number of hydrogen-bond acceptors (Lipinski definition) is 5. The number of phenolic OH excluding ortho intramolecular Hbond substituents is 1. The fraction of sp³-hybridized carbons (Fsp3) is 0.500. The quantitative estimate of drug-likeness (QED) is 0.803. The third kappa shape index (κ3) is 3.05. The lowest BCUT2D eigenvalue weighted by Crippen LogP contribution is -2.48. The molecular formula is C14H19NO4. The van der Waals surface area contributed by atoms with Gasteiger partial charge in [-0.25, -0.2) is 0 Å². The molecule has 0 bridgehead atoms. The van der Waals surface area contributed by atoms with Gasteiger partial charge in [0.25, 0.3) is 0 Å². The van der Waals surface area contributed by atoms with Crippen molar-refractivity contribution < 1.29 is 19.7 Å². The second-order valence-electron chi connectivity index (χ2n) is 4.91. The maximum absolute atomic E-state index is 11.3. The van der Waals surface area contributed by atoms with Gasteiger partial charge < -0.3 is 19.8 Å². The van der Waals surface area contributed by atoms with Crippen molar-refractivity contribution in [1.82, 2.24) is 0 Å². The molecule has 5 nitrogen and oxygen atoms in total. The van der Waals surface area contributed by atoms with Crippen LogP contribution in [0.25, 0.3) is 0 Å². The number of aliphatic hydroxyl groups excluding tert-OH is 1. The summed E-state index contributed by atoms with van der Waals surface area (Å²) < 4.78 is 5.57. The van der Waals surface area contributed by atoms with Crippen LogP contribution in [0.4, 0.5) is 5.69 Å². The van der Waals surface area contributed by atoms with E-state index >= 15 is 0 Å². The maximum atomic E-state index is 11.3. The smallest absolute Gasteiger partial charge is 0.163 e. The molecule has 2 N–H and O–H groups in total. The monoisotopic (exact) mass is 265 g/mol. The number of carbonyl (C=O) groups excluding carboxylic acids is 1. The van der Waals surface area contributed by atoms with Crippen LogP contribution >= 0.6 is 0 Å². The number of anilines is 1. The summed E-state index contributed by atoms with van der Waals surface area (Å²) in [6, 6.07) is 5.02. The van der Waals surface area contributed by atoms with E-state index in [1.165, 1.54) is 6.92 Å². The number of rotatable bonds is 3. The molecule has 1 saturated heterocycles. The SMILES string of the molecule is CC(=O)c1ccc(N2CC(C)OC(CO)C2)cc1O. The minimum atomic E-state index is -0.224. The van der Waals surface area contributed by atoms with Gasteiger partial charge in [0.1, 0.15) is 5.75 Å². The number of nitrogens with zero attached hydrogens (tertiary/aromatic N) is 1. The van der Waals surface area contributed by atoms with Crippen molar-refractivity contribution in [3.8, 4) is 5.75 Å². The number of ether oxygens (including phenoxy) is 1. The summed E-state index contributed by atoms with van der Waals surface area (Å²) in [5.41, 5.74) is 1.15. The molecule has 0 radical (unpaired) electrons. The molecule has 19 heavy (non-hydrogen) atoms. The van der Waals surface area contributed by atoms with Gasteiger partial charge in [-0.1, -0.05) is 0 Å². The Hall–Kier alpha value is -1.59. The molecule has 2 unspecified atom stereocenters. The highest BCUT2D eigenvalue weighted by atomic mass is 16.5. The van der Waals surface area contributed by atoms with Crippen molar-refractivity contribution >= 4 is 11.5 Å². The number of benzene rings is 1. The number of aromatic hydroxyl groups is 1. The second-order valence-corrected chi connectivity index (χ2v) is 4.91. The number of Topliss-reactive ketones (excluding diaryl/α,β-unsaturated/α-hetero) is 1. The Labute approximate surface area is 112 Å². The van der Waals surface area contributed by atoms with E-state index < -0.39 is 0 Å². The molecule has 1 aromatic carbocycles. The lowest BCUT2D eigenvalue weighted by molar-refractivity contribution is -0.0421. The standard InChI is InChI=1S/C14H19NO4/c1-9-6-15(7-12(8-16)19-9)11-3-4-13(10(2)17)14(18)5-11/h3-5,9,12,16,18H,6-8H2,1-2H3. The highest BCUT2D eigenvalue weighted by Gasteiger charge is 2.25. The average molecular weight is 265 g/mol. The summed E-state index contributed by atoms with van der Waals surface area (Å²) in [7, 11) is 0. The van der Waals surface area contributed by atoms with Gasteiger partial charge in [-0.15, -0.1) is 0 Å². The summed E-state index contributed by atoms with van der Waals surface area (Å²) in [5.74, 6) is -0.169. The predicted octanol–water partition coefficient (Wildman–Crippen LogP) is 1.18. The maximum Gasteiger partial charge on any atom is 0.163 e. The van der Waals surface area contributed by atoms with Crippen LogP contribution in [-0.4, -0.2) is 47.9 Å². The summed E-state index contributed by atoms with van der Waals surface area (Å²) in [6.07, 6.45) is -0.209. The molecule has 1 heterocycles. The molecule has 2 rings (SSSR count). The summed E-state index contributed by atoms with van der Waals surface area (Å²) in [5, 5.41) is 19.1. The van der Waals surface area contributed by atoms with E-state index in [0.29, 0.717) is 18.7 Å². The normalized spacial score (nSPS) is 23.4. The van der Waals surface area contributed by atoms with Crippen molar-refractivity contribution in [2.45, 2.75) is 26.1 Å². The molecule has 0 spiro atoms. The Morgan fingerprint density at radius 2 is 2.21 bits per heavy atom. The Bertz CT molecular complexity index is 475. The Kier molecular flexibility index (Phi) is 4.07. The molecule has 2 atom stereocenters. The molecule has 104 valence electrons. The third-order valence-electron chi connectivity index (χ3n) is 3.26. The summed E-state index contributed by atoms with van der Waals surface area (Å²) in [6.45, 7) is 4.60. The van der Waals surface area contributed by atoms with Gasteiger partial charge in [-0.05, 0) is 26.0 Å². The van der Waals surface area contributed by atoms with Crippen LogP contribution in [0.3, 0.4) is 0 Å². The van der Waals surface area contributed by atoms with Gasteiger partial charge in [-0.3, -0.25) is 4.79 Å². The van der Waals surface area contributed by atoms with Crippen LogP contribution in [0.2, 0.25) is 0 Å². The van der Waals surface area contributed by atoms with Gasteiger partial charge in [0.2, 0.25) is 0 Å². The van der Waals surface area contributed by atoms with Crippen molar-refractivity contribution in [1.29, 1.82) is 0 Å². The zero-order valence-electron chi connectivity index (χ0n) is 11.2. The van der Waals surface area contributed by atoms with Crippen molar-refractivity contribution in [2.75, 3.05) is 24.6 Å². The van der Waals surface area contributed by atoms with E-state index in [4.69, 9.17) is 4.74 Å². The first-order valence-electron chi connectivity index (χ1n) is 6.36. The van der Waals surface area contributed by atoms with Crippen molar-refractivity contribution in [3.63, 3.8) is 0 Å². The zero-order valence-corrected chi connectivity index (χ0v) is 11.2. The number of carbonyl (C=O) groups is 1. The predicted molar refractivity (Wildman–Crippen MR) is 71.7 cm³/mol. The first-order chi connectivity index (χ1) is 9.01. The molecule has 1 fully saturated rings. The third-order valence-corrected chi connectivity index (χ3v) is 3.26. The first kappa shape index (κ1) is 13.8. The van der Waals surface area contributed by atoms with Crippen molar-refractivity contribution in [2.24, 2.45) is 0 Å². The second kappa shape index (κ2) is 5.59. The molecule has 0 aromatic heterocycles. The molecule has 0 amide bonds. The minimum Gasteiger partial charge on any atom is -0.507 e. The van der Waals surface area contributed by atoms with E-state index in [1.807, 2.05) is 17.9 Å². The summed E-state index contributed by atoms with van der Waals surface area (Å²) in [4.78, 5) is 13.3. The van der Waals surface area contributed by atoms with Crippen LogP contribution in [-0.2, 0) is 4.74 Å². The largest absolute Gasteiger partial charge is 0.507 e. The van der Waals surface area contributed by atoms with Crippen LogP contribution in [0, 0.1) is 0 Å². The lowest BCUT2D eigenvalue weighted by Gasteiger charge is -2.37. The topological polar surface area (TPSA) is 70.0 Å². The Morgan fingerprint density at radius 3 is 2.79 bits per heavy atom. The Morgan fingerprint density at radius 1 is 1.47 bits per heavy atom. The van der Waals surface area contributed by atoms with Gasteiger partial charge in [-0.2, -0.15) is 0 Å². The molecule has 1 aromatic rings. The zero-order chi connectivity index (χ0) is 14.0. The van der Waals surface area contributed by atoms with E-state index in [1.54, 1.807) is 12.1 Å². The molecular weight excluding hydrogens is 246 g/mol. The first-order valence-corrected chi connectivity index (χ1v) is 6.36. The van der Waals surface area contributed by atoms with Gasteiger partial charge in [0, 0.05) is 24.8 Å². The average Bonchev–Trinajstić information content (AvgIpc) is 2.37. The van der Waals surface area contributed by atoms with Crippen molar-refractivity contribution in [3.05, 3.63) is 23.8 Å². The highest BCUT2D eigenvalue weighted by molar-refractivity contribution is 5.97. The fourth-order valence-corrected chi connectivity index (χ4v) is 2.37. The van der Waals surface area contributed by atoms with Crippen LogP contribution in [0.15, 0.2) is 18.2 Å². The van der Waals surface area contributed by atoms with Gasteiger partial charge in [0.05, 0.1) is 24.4 Å². The number of ketones is 1. The van der Waals surface area contributed by atoms with E-state index in [-0.39, 0.29) is 30.3 Å². The van der Waals surface area contributed by atoms with E-state index in [2.05, 4.69) is 0 Å². The molecule has 0 aliphatic carbocycles. The molecule has 1 aliphatic rings. The minimum absolute atomic E-state index is 0.00954. The van der Waals surface area contributed by atoms with Crippen LogP contribution in [0.1, 0.15) is 24.2 Å². The highest BCUT2D eigenvalue weighted by Crippen LogP contribution is 2.27. The fourth-order valence-electron chi connectivity index (χ4n) is 2.37. The number of hydrogen-bond donors (Lipinski definition) is 2. The lowest BCUT2D eigenvalue weighted by atomic mass is 10.1. The Balaban J connectivity index is 2.21. The van der Waals surface area contributed by atoms with Crippen LogP contribution in [0.5, 0.6) is 5.75 Å². The summed E-state index contributed by atoms with van der Waals surface area (Å²) >= 11 is 0. The van der Waals surface area contributed by atoms with Crippen LogP contribution < -0.4 is 4.90 Å². The van der Waals surface area contributed by atoms with E-state index in [0.717, 1.165) is 5.69 Å². The van der Waals surface area contributed by atoms with Gasteiger partial charge in [0.15, 0.2) is 5.78 Å². The molecule has 5 heteroatoms.